The summed E-state index contributed by atoms with van der Waals surface area (Å²) in [6.07, 6.45) is 2.51. The molecule has 1 saturated heterocycles. The molecule has 0 aliphatic carbocycles. The molecule has 2 unspecified atom stereocenters. The monoisotopic (exact) mass is 276 g/mol. The highest BCUT2D eigenvalue weighted by molar-refractivity contribution is 5.38. The molecule has 2 atom stereocenters. The highest BCUT2D eigenvalue weighted by atomic mass is 16.5. The van der Waals surface area contributed by atoms with E-state index < -0.39 is 0 Å². The zero-order valence-corrected chi connectivity index (χ0v) is 13.3. The molecular weight excluding hydrogens is 248 g/mol. The average Bonchev–Trinajstić information content (AvgIpc) is 2.82. The van der Waals surface area contributed by atoms with Crippen LogP contribution in [-0.4, -0.2) is 38.7 Å². The van der Waals surface area contributed by atoms with E-state index in [1.807, 2.05) is 0 Å². The minimum atomic E-state index is 0.548. The van der Waals surface area contributed by atoms with Crippen LogP contribution in [0.3, 0.4) is 0 Å². The second-order valence-corrected chi connectivity index (χ2v) is 5.82. The van der Waals surface area contributed by atoms with Crippen LogP contribution < -0.4 is 10.1 Å². The quantitative estimate of drug-likeness (QED) is 0.864. The summed E-state index contributed by atoms with van der Waals surface area (Å²) in [5.74, 6) is 1.69. The minimum Gasteiger partial charge on any atom is -0.496 e. The summed E-state index contributed by atoms with van der Waals surface area (Å²) < 4.78 is 5.39. The van der Waals surface area contributed by atoms with E-state index in [0.29, 0.717) is 12.0 Å². The van der Waals surface area contributed by atoms with Crippen molar-refractivity contribution in [1.82, 2.24) is 10.2 Å². The van der Waals surface area contributed by atoms with Crippen LogP contribution >= 0.6 is 0 Å². The van der Waals surface area contributed by atoms with Crippen LogP contribution in [0.5, 0.6) is 5.75 Å². The fourth-order valence-corrected chi connectivity index (χ4v) is 3.51. The SMILES string of the molecule is CCCN1CCC(CNC)C1c1ccc(OC)c(C)c1. The maximum Gasteiger partial charge on any atom is 0.121 e. The van der Waals surface area contributed by atoms with Crippen LogP contribution in [0.15, 0.2) is 18.2 Å². The number of likely N-dealkylation sites (tertiary alicyclic amines) is 1. The number of nitrogens with zero attached hydrogens (tertiary/aromatic N) is 1. The van der Waals surface area contributed by atoms with Crippen molar-refractivity contribution in [3.63, 3.8) is 0 Å². The third kappa shape index (κ3) is 3.15. The molecule has 0 spiro atoms. The van der Waals surface area contributed by atoms with Crippen molar-refractivity contribution in [2.24, 2.45) is 5.92 Å². The third-order valence-corrected chi connectivity index (χ3v) is 4.36. The largest absolute Gasteiger partial charge is 0.496 e. The molecule has 3 heteroatoms. The smallest absolute Gasteiger partial charge is 0.121 e. The van der Waals surface area contributed by atoms with Gasteiger partial charge >= 0.3 is 0 Å². The normalized spacial score (nSPS) is 23.2. The van der Waals surface area contributed by atoms with Crippen LogP contribution in [0.1, 0.15) is 36.9 Å². The van der Waals surface area contributed by atoms with Gasteiger partial charge in [-0.25, -0.2) is 0 Å². The Morgan fingerprint density at radius 2 is 2.20 bits per heavy atom. The predicted molar refractivity (Wildman–Crippen MR) is 84.4 cm³/mol. The van der Waals surface area contributed by atoms with Gasteiger partial charge in [0.15, 0.2) is 0 Å². The van der Waals surface area contributed by atoms with Crippen molar-refractivity contribution < 1.29 is 4.74 Å². The lowest BCUT2D eigenvalue weighted by molar-refractivity contribution is 0.227. The molecule has 0 radical (unpaired) electrons. The van der Waals surface area contributed by atoms with E-state index in [2.05, 4.69) is 49.3 Å². The highest BCUT2D eigenvalue weighted by Gasteiger charge is 2.34. The molecule has 0 amide bonds. The Kier molecular flexibility index (Phi) is 5.44. The van der Waals surface area contributed by atoms with Crippen molar-refractivity contribution in [3.8, 4) is 5.75 Å². The number of rotatable bonds is 6. The number of benzene rings is 1. The minimum absolute atomic E-state index is 0.548. The van der Waals surface area contributed by atoms with Gasteiger partial charge in [-0.15, -0.1) is 0 Å². The van der Waals surface area contributed by atoms with E-state index in [1.54, 1.807) is 7.11 Å². The number of aryl methyl sites for hydroxylation is 1. The van der Waals surface area contributed by atoms with Gasteiger partial charge in [0.2, 0.25) is 0 Å². The van der Waals surface area contributed by atoms with Crippen molar-refractivity contribution in [2.45, 2.75) is 32.7 Å². The summed E-state index contributed by atoms with van der Waals surface area (Å²) >= 11 is 0. The molecule has 0 bridgehead atoms. The second kappa shape index (κ2) is 7.09. The van der Waals surface area contributed by atoms with Crippen molar-refractivity contribution in [2.75, 3.05) is 33.8 Å². The maximum atomic E-state index is 5.39. The lowest BCUT2D eigenvalue weighted by atomic mass is 9.92. The Balaban J connectivity index is 2.26. The third-order valence-electron chi connectivity index (χ3n) is 4.36. The predicted octanol–water partition coefficient (Wildman–Crippen LogP) is 3.00. The molecule has 0 saturated carbocycles. The molecule has 0 aromatic heterocycles. The van der Waals surface area contributed by atoms with Crippen LogP contribution in [0, 0.1) is 12.8 Å². The first-order chi connectivity index (χ1) is 9.71. The van der Waals surface area contributed by atoms with Gasteiger partial charge in [-0.3, -0.25) is 4.90 Å². The number of nitrogens with one attached hydrogen (secondary N) is 1. The molecular formula is C17H28N2O. The summed E-state index contributed by atoms with van der Waals surface area (Å²) in [6, 6.07) is 7.21. The van der Waals surface area contributed by atoms with Crippen LogP contribution in [0.25, 0.3) is 0 Å². The van der Waals surface area contributed by atoms with Gasteiger partial charge in [0.1, 0.15) is 5.75 Å². The van der Waals surface area contributed by atoms with Crippen molar-refractivity contribution >= 4 is 0 Å². The van der Waals surface area contributed by atoms with E-state index in [4.69, 9.17) is 4.74 Å². The van der Waals surface area contributed by atoms with Gasteiger partial charge < -0.3 is 10.1 Å². The Morgan fingerprint density at radius 3 is 2.80 bits per heavy atom. The number of ether oxygens (including phenoxy) is 1. The second-order valence-electron chi connectivity index (χ2n) is 5.82. The maximum absolute atomic E-state index is 5.39. The van der Waals surface area contributed by atoms with Gasteiger partial charge in [-0.2, -0.15) is 0 Å². The molecule has 1 aromatic carbocycles. The van der Waals surface area contributed by atoms with E-state index in [9.17, 15) is 0 Å². The number of hydrogen-bond acceptors (Lipinski definition) is 3. The molecule has 1 fully saturated rings. The standard InChI is InChI=1S/C17H28N2O/c1-5-9-19-10-8-15(12-18-3)17(19)14-6-7-16(20-4)13(2)11-14/h6-7,11,15,17-18H,5,8-10,12H2,1-4H3. The first-order valence-electron chi connectivity index (χ1n) is 7.74. The molecule has 112 valence electrons. The van der Waals surface area contributed by atoms with Crippen LogP contribution in [0.2, 0.25) is 0 Å². The lowest BCUT2D eigenvalue weighted by Crippen LogP contribution is -2.29. The molecule has 1 aromatic rings. The Bertz CT molecular complexity index is 419. The molecule has 1 aliphatic heterocycles. The van der Waals surface area contributed by atoms with Gasteiger partial charge in [0.05, 0.1) is 7.11 Å². The first kappa shape index (κ1) is 15.3. The molecule has 1 heterocycles. The van der Waals surface area contributed by atoms with Gasteiger partial charge in [-0.05, 0) is 69.6 Å². The zero-order chi connectivity index (χ0) is 14.5. The topological polar surface area (TPSA) is 24.5 Å². The molecule has 1 N–H and O–H groups in total. The van der Waals surface area contributed by atoms with Gasteiger partial charge in [-0.1, -0.05) is 19.1 Å². The van der Waals surface area contributed by atoms with E-state index in [1.165, 1.54) is 37.1 Å². The summed E-state index contributed by atoms with van der Waals surface area (Å²) in [4.78, 5) is 2.64. The van der Waals surface area contributed by atoms with Gasteiger partial charge in [0.25, 0.3) is 0 Å². The highest BCUT2D eigenvalue weighted by Crippen LogP contribution is 2.38. The van der Waals surface area contributed by atoms with Crippen molar-refractivity contribution in [3.05, 3.63) is 29.3 Å². The fraction of sp³-hybridized carbons (Fsp3) is 0.647. The van der Waals surface area contributed by atoms with Gasteiger partial charge in [0, 0.05) is 6.04 Å². The summed E-state index contributed by atoms with van der Waals surface area (Å²) in [6.45, 7) is 7.90. The Hall–Kier alpha value is -1.06. The molecule has 1 aliphatic rings. The van der Waals surface area contributed by atoms with E-state index >= 15 is 0 Å². The average molecular weight is 276 g/mol. The molecule has 20 heavy (non-hydrogen) atoms. The lowest BCUT2D eigenvalue weighted by Gasteiger charge is -2.29. The fourth-order valence-electron chi connectivity index (χ4n) is 3.51. The summed E-state index contributed by atoms with van der Waals surface area (Å²) in [5.41, 5.74) is 2.67. The number of hydrogen-bond donors (Lipinski definition) is 1. The number of methoxy groups -OCH3 is 1. The Morgan fingerprint density at radius 1 is 1.40 bits per heavy atom. The van der Waals surface area contributed by atoms with Crippen LogP contribution in [-0.2, 0) is 0 Å². The molecule has 3 nitrogen and oxygen atoms in total. The zero-order valence-electron chi connectivity index (χ0n) is 13.3. The summed E-state index contributed by atoms with van der Waals surface area (Å²) in [7, 11) is 3.80. The first-order valence-corrected chi connectivity index (χ1v) is 7.74. The molecule has 2 rings (SSSR count). The van der Waals surface area contributed by atoms with E-state index in [0.717, 1.165) is 12.3 Å². The van der Waals surface area contributed by atoms with E-state index in [-0.39, 0.29) is 0 Å². The van der Waals surface area contributed by atoms with Crippen molar-refractivity contribution in [1.29, 1.82) is 0 Å². The van der Waals surface area contributed by atoms with Crippen LogP contribution in [0.4, 0.5) is 0 Å². The Labute approximate surface area is 123 Å². The summed E-state index contributed by atoms with van der Waals surface area (Å²) in [5, 5.41) is 3.36.